The summed E-state index contributed by atoms with van der Waals surface area (Å²) in [7, 11) is 0. The topological polar surface area (TPSA) is 46.3 Å². The van der Waals surface area contributed by atoms with Crippen LogP contribution in [0.5, 0.6) is 0 Å². The lowest BCUT2D eigenvalue weighted by atomic mass is 9.86. The summed E-state index contributed by atoms with van der Waals surface area (Å²) in [5.41, 5.74) is 5.64. The Balaban J connectivity index is 1.86. The van der Waals surface area contributed by atoms with Crippen LogP contribution < -0.4 is 5.73 Å². The van der Waals surface area contributed by atoms with E-state index in [9.17, 15) is 4.79 Å². The van der Waals surface area contributed by atoms with Crippen LogP contribution in [-0.2, 0) is 4.79 Å². The number of rotatable bonds is 3. The molecule has 2 aliphatic rings. The zero-order chi connectivity index (χ0) is 7.84. The van der Waals surface area contributed by atoms with Gasteiger partial charge in [0.05, 0.1) is 0 Å². The Bertz CT molecular complexity index is 161. The van der Waals surface area contributed by atoms with Crippen LogP contribution in [0.25, 0.3) is 0 Å². The minimum Gasteiger partial charge on any atom is -0.339 e. The van der Waals surface area contributed by atoms with Crippen LogP contribution >= 0.6 is 0 Å². The van der Waals surface area contributed by atoms with Crippen molar-refractivity contribution in [1.29, 1.82) is 0 Å². The Morgan fingerprint density at radius 2 is 1.91 bits per heavy atom. The molecule has 0 unspecified atom stereocenters. The summed E-state index contributed by atoms with van der Waals surface area (Å²) in [5, 5.41) is 0. The Morgan fingerprint density at radius 3 is 2.27 bits per heavy atom. The molecule has 2 fully saturated rings. The summed E-state index contributed by atoms with van der Waals surface area (Å²) < 4.78 is 0. The van der Waals surface area contributed by atoms with Crippen LogP contribution in [0.1, 0.15) is 25.7 Å². The number of hydrogen-bond donors (Lipinski definition) is 1. The van der Waals surface area contributed by atoms with Crippen LogP contribution in [-0.4, -0.2) is 29.4 Å². The van der Waals surface area contributed by atoms with Crippen molar-refractivity contribution in [2.45, 2.75) is 43.8 Å². The van der Waals surface area contributed by atoms with E-state index >= 15 is 0 Å². The molecule has 62 valence electrons. The van der Waals surface area contributed by atoms with E-state index < -0.39 is 0 Å². The van der Waals surface area contributed by atoms with E-state index in [1.54, 1.807) is 0 Å². The van der Waals surface area contributed by atoms with Crippen molar-refractivity contribution < 1.29 is 4.79 Å². The van der Waals surface area contributed by atoms with E-state index in [1.807, 2.05) is 4.90 Å². The third-order valence-corrected chi connectivity index (χ3v) is 2.66. The fourth-order valence-corrected chi connectivity index (χ4v) is 1.72. The van der Waals surface area contributed by atoms with Crippen molar-refractivity contribution in [3.8, 4) is 0 Å². The van der Waals surface area contributed by atoms with E-state index in [4.69, 9.17) is 5.73 Å². The second kappa shape index (κ2) is 2.48. The highest BCUT2D eigenvalue weighted by Crippen LogP contribution is 2.33. The Morgan fingerprint density at radius 1 is 1.27 bits per heavy atom. The van der Waals surface area contributed by atoms with E-state index in [1.165, 1.54) is 12.8 Å². The molecule has 0 bridgehead atoms. The lowest BCUT2D eigenvalue weighted by molar-refractivity contribution is -0.122. The van der Waals surface area contributed by atoms with Gasteiger partial charge in [-0.2, -0.15) is 0 Å². The van der Waals surface area contributed by atoms with Crippen LogP contribution in [0.2, 0.25) is 0 Å². The van der Waals surface area contributed by atoms with Gasteiger partial charge in [0.1, 0.15) is 0 Å². The highest BCUT2D eigenvalue weighted by atomic mass is 16.1. The molecule has 2 N–H and O–H groups in total. The van der Waals surface area contributed by atoms with Crippen molar-refractivity contribution in [2.24, 2.45) is 5.73 Å². The minimum atomic E-state index is 0.348. The van der Waals surface area contributed by atoms with Gasteiger partial charge in [-0.15, -0.1) is 0 Å². The van der Waals surface area contributed by atoms with E-state index in [0.29, 0.717) is 18.1 Å². The number of nitrogens with two attached hydrogens (primary N) is 1. The Hall–Kier alpha value is -0.570. The monoisotopic (exact) mass is 154 g/mol. The van der Waals surface area contributed by atoms with Crippen LogP contribution in [0.15, 0.2) is 0 Å². The summed E-state index contributed by atoms with van der Waals surface area (Å²) in [5.74, 6) is 0. The van der Waals surface area contributed by atoms with Crippen molar-refractivity contribution in [1.82, 2.24) is 4.90 Å². The van der Waals surface area contributed by atoms with Gasteiger partial charge in [0, 0.05) is 18.1 Å². The van der Waals surface area contributed by atoms with Crippen molar-refractivity contribution >= 4 is 6.41 Å². The molecule has 0 spiro atoms. The zero-order valence-electron chi connectivity index (χ0n) is 6.57. The highest BCUT2D eigenvalue weighted by molar-refractivity contribution is 5.49. The molecule has 0 aromatic carbocycles. The molecule has 0 aliphatic heterocycles. The summed E-state index contributed by atoms with van der Waals surface area (Å²) in [6.07, 6.45) is 5.41. The first-order valence-electron chi connectivity index (χ1n) is 4.29. The first-order chi connectivity index (χ1) is 5.31. The second-order valence-corrected chi connectivity index (χ2v) is 3.67. The zero-order valence-corrected chi connectivity index (χ0v) is 6.57. The maximum absolute atomic E-state index is 10.6. The fraction of sp³-hybridized carbons (Fsp3) is 0.875. The quantitative estimate of drug-likeness (QED) is 0.586. The lowest BCUT2D eigenvalue weighted by Gasteiger charge is -2.39. The predicted octanol–water partition coefficient (Wildman–Crippen LogP) is 0.0969. The number of nitrogens with zero attached hydrogens (tertiary/aromatic N) is 1. The molecule has 3 heteroatoms. The predicted molar refractivity (Wildman–Crippen MR) is 41.9 cm³/mol. The molecule has 0 radical (unpaired) electrons. The smallest absolute Gasteiger partial charge is 0.210 e. The average molecular weight is 154 g/mol. The van der Waals surface area contributed by atoms with Crippen LogP contribution in [0.3, 0.4) is 0 Å². The standard InChI is InChI=1S/C8H14N2O/c9-6-3-8(4-6)10(5-11)7-1-2-7/h5-8H,1-4,9H2. The number of carbonyl (C=O) groups excluding carboxylic acids is 1. The molecule has 11 heavy (non-hydrogen) atoms. The molecule has 0 heterocycles. The van der Waals surface area contributed by atoms with Gasteiger partial charge < -0.3 is 10.6 Å². The molecule has 0 saturated heterocycles. The molecule has 2 rings (SSSR count). The number of hydrogen-bond acceptors (Lipinski definition) is 2. The van der Waals surface area contributed by atoms with Gasteiger partial charge in [0.25, 0.3) is 0 Å². The molecule has 0 atom stereocenters. The second-order valence-electron chi connectivity index (χ2n) is 3.67. The van der Waals surface area contributed by atoms with Crippen molar-refractivity contribution in [2.75, 3.05) is 0 Å². The summed E-state index contributed by atoms with van der Waals surface area (Å²) >= 11 is 0. The molecule has 2 saturated carbocycles. The number of carbonyl (C=O) groups is 1. The first-order valence-corrected chi connectivity index (χ1v) is 4.29. The SMILES string of the molecule is NC1CC(N(C=O)C2CC2)C1. The lowest BCUT2D eigenvalue weighted by Crippen LogP contribution is -2.50. The molecular weight excluding hydrogens is 140 g/mol. The summed E-state index contributed by atoms with van der Waals surface area (Å²) in [6, 6.07) is 1.38. The Kier molecular flexibility index (Phi) is 1.60. The van der Waals surface area contributed by atoms with Crippen molar-refractivity contribution in [3.05, 3.63) is 0 Å². The molecule has 2 aliphatic carbocycles. The van der Waals surface area contributed by atoms with Crippen LogP contribution in [0.4, 0.5) is 0 Å². The molecule has 3 nitrogen and oxygen atoms in total. The number of amides is 1. The van der Waals surface area contributed by atoms with Gasteiger partial charge in [-0.05, 0) is 25.7 Å². The molecular formula is C8H14N2O. The normalized spacial score (nSPS) is 36.1. The highest BCUT2D eigenvalue weighted by Gasteiger charge is 2.38. The molecule has 0 aromatic heterocycles. The third-order valence-electron chi connectivity index (χ3n) is 2.66. The van der Waals surface area contributed by atoms with E-state index in [0.717, 1.165) is 19.3 Å². The Labute approximate surface area is 66.5 Å². The molecule has 1 amide bonds. The van der Waals surface area contributed by atoms with Crippen LogP contribution in [0, 0.1) is 0 Å². The summed E-state index contributed by atoms with van der Waals surface area (Å²) in [4.78, 5) is 12.6. The third kappa shape index (κ3) is 1.25. The van der Waals surface area contributed by atoms with E-state index in [2.05, 4.69) is 0 Å². The summed E-state index contributed by atoms with van der Waals surface area (Å²) in [6.45, 7) is 0. The fourth-order valence-electron chi connectivity index (χ4n) is 1.72. The van der Waals surface area contributed by atoms with Gasteiger partial charge in [-0.1, -0.05) is 0 Å². The van der Waals surface area contributed by atoms with Gasteiger partial charge in [0.2, 0.25) is 6.41 Å². The van der Waals surface area contributed by atoms with E-state index in [-0.39, 0.29) is 0 Å². The van der Waals surface area contributed by atoms with Gasteiger partial charge in [-0.25, -0.2) is 0 Å². The maximum Gasteiger partial charge on any atom is 0.210 e. The minimum absolute atomic E-state index is 0.348. The average Bonchev–Trinajstić information content (AvgIpc) is 2.69. The largest absolute Gasteiger partial charge is 0.339 e. The van der Waals surface area contributed by atoms with Gasteiger partial charge >= 0.3 is 0 Å². The molecule has 0 aromatic rings. The van der Waals surface area contributed by atoms with Gasteiger partial charge in [-0.3, -0.25) is 4.79 Å². The maximum atomic E-state index is 10.6. The first kappa shape index (κ1) is 7.10. The van der Waals surface area contributed by atoms with Gasteiger partial charge in [0.15, 0.2) is 0 Å². The van der Waals surface area contributed by atoms with Crippen molar-refractivity contribution in [3.63, 3.8) is 0 Å².